The Balaban J connectivity index is 2.18. The van der Waals surface area contributed by atoms with Crippen LogP contribution in [0, 0.1) is 11.8 Å². The van der Waals surface area contributed by atoms with E-state index in [4.69, 9.17) is 0 Å². The van der Waals surface area contributed by atoms with Crippen molar-refractivity contribution in [3.63, 3.8) is 0 Å². The lowest BCUT2D eigenvalue weighted by molar-refractivity contribution is 0.468. The minimum Gasteiger partial charge on any atom is -0.341 e. The second-order valence-electron chi connectivity index (χ2n) is 3.36. The van der Waals surface area contributed by atoms with Crippen LogP contribution in [-0.2, 0) is 0 Å². The standard InChI is InChI=1S/C9H11F2N3/c10-7-6-12-9(13-8(7)11)14-4-2-1-3-5-14/h6H,1-5H2. The smallest absolute Gasteiger partial charge is 0.253 e. The summed E-state index contributed by atoms with van der Waals surface area (Å²) >= 11 is 0. The van der Waals surface area contributed by atoms with Crippen LogP contribution in [0.25, 0.3) is 0 Å². The van der Waals surface area contributed by atoms with Crippen LogP contribution < -0.4 is 4.90 Å². The van der Waals surface area contributed by atoms with Crippen LogP contribution in [-0.4, -0.2) is 23.1 Å². The van der Waals surface area contributed by atoms with Gasteiger partial charge in [-0.3, -0.25) is 0 Å². The van der Waals surface area contributed by atoms with Gasteiger partial charge in [-0.15, -0.1) is 0 Å². The molecule has 0 amide bonds. The number of aromatic nitrogens is 2. The van der Waals surface area contributed by atoms with Crippen molar-refractivity contribution in [3.8, 4) is 0 Å². The number of hydrogen-bond donors (Lipinski definition) is 0. The third kappa shape index (κ3) is 1.81. The molecule has 0 aromatic carbocycles. The number of halogens is 2. The molecule has 0 bridgehead atoms. The van der Waals surface area contributed by atoms with Crippen LogP contribution >= 0.6 is 0 Å². The first kappa shape index (κ1) is 9.30. The van der Waals surface area contributed by atoms with Crippen molar-refractivity contribution in [2.45, 2.75) is 19.3 Å². The van der Waals surface area contributed by atoms with Gasteiger partial charge in [-0.05, 0) is 19.3 Å². The van der Waals surface area contributed by atoms with E-state index in [9.17, 15) is 8.78 Å². The summed E-state index contributed by atoms with van der Waals surface area (Å²) in [5.74, 6) is -1.77. The summed E-state index contributed by atoms with van der Waals surface area (Å²) in [5, 5.41) is 0. The summed E-state index contributed by atoms with van der Waals surface area (Å²) in [6.07, 6.45) is 4.18. The molecular formula is C9H11F2N3. The van der Waals surface area contributed by atoms with E-state index in [1.165, 1.54) is 6.42 Å². The Bertz CT molecular complexity index is 324. The lowest BCUT2D eigenvalue weighted by Crippen LogP contribution is -2.31. The summed E-state index contributed by atoms with van der Waals surface area (Å²) < 4.78 is 25.3. The lowest BCUT2D eigenvalue weighted by Gasteiger charge is -2.26. The lowest BCUT2D eigenvalue weighted by atomic mass is 10.1. The van der Waals surface area contributed by atoms with Crippen LogP contribution in [0.2, 0.25) is 0 Å². The van der Waals surface area contributed by atoms with Crippen molar-refractivity contribution in [1.29, 1.82) is 0 Å². The number of anilines is 1. The average molecular weight is 199 g/mol. The van der Waals surface area contributed by atoms with Crippen molar-refractivity contribution in [2.75, 3.05) is 18.0 Å². The molecule has 1 aliphatic rings. The minimum absolute atomic E-state index is 0.295. The maximum atomic E-state index is 12.8. The van der Waals surface area contributed by atoms with E-state index in [-0.39, 0.29) is 0 Å². The van der Waals surface area contributed by atoms with Gasteiger partial charge in [0.2, 0.25) is 5.95 Å². The van der Waals surface area contributed by atoms with Gasteiger partial charge in [0.25, 0.3) is 5.95 Å². The molecule has 0 N–H and O–H groups in total. The fraction of sp³-hybridized carbons (Fsp3) is 0.556. The van der Waals surface area contributed by atoms with Crippen LogP contribution in [0.15, 0.2) is 6.20 Å². The van der Waals surface area contributed by atoms with Gasteiger partial charge in [-0.2, -0.15) is 9.37 Å². The van der Waals surface area contributed by atoms with E-state index in [2.05, 4.69) is 9.97 Å². The van der Waals surface area contributed by atoms with Gasteiger partial charge in [0.1, 0.15) is 0 Å². The van der Waals surface area contributed by atoms with Crippen molar-refractivity contribution < 1.29 is 8.78 Å². The van der Waals surface area contributed by atoms with Crippen molar-refractivity contribution >= 4 is 5.95 Å². The van der Waals surface area contributed by atoms with E-state index < -0.39 is 11.8 Å². The first-order chi connectivity index (χ1) is 6.77. The van der Waals surface area contributed by atoms with E-state index in [1.54, 1.807) is 0 Å². The maximum Gasteiger partial charge on any atom is 0.253 e. The Hall–Kier alpha value is -1.26. The first-order valence-corrected chi connectivity index (χ1v) is 4.70. The van der Waals surface area contributed by atoms with Gasteiger partial charge in [0.05, 0.1) is 6.20 Å². The van der Waals surface area contributed by atoms with Crippen molar-refractivity contribution in [3.05, 3.63) is 18.0 Å². The van der Waals surface area contributed by atoms with Gasteiger partial charge >= 0.3 is 0 Å². The van der Waals surface area contributed by atoms with E-state index >= 15 is 0 Å². The van der Waals surface area contributed by atoms with Gasteiger partial charge in [-0.25, -0.2) is 9.37 Å². The van der Waals surface area contributed by atoms with Crippen molar-refractivity contribution in [2.24, 2.45) is 0 Å². The van der Waals surface area contributed by atoms with Crippen LogP contribution in [0.5, 0.6) is 0 Å². The van der Waals surface area contributed by atoms with Crippen LogP contribution in [0.4, 0.5) is 14.7 Å². The largest absolute Gasteiger partial charge is 0.341 e. The molecule has 14 heavy (non-hydrogen) atoms. The van der Waals surface area contributed by atoms with Gasteiger partial charge in [0, 0.05) is 13.1 Å². The Kier molecular flexibility index (Phi) is 2.56. The highest BCUT2D eigenvalue weighted by Crippen LogP contribution is 2.15. The molecule has 1 fully saturated rings. The predicted octanol–water partition coefficient (Wildman–Crippen LogP) is 1.75. The molecular weight excluding hydrogens is 188 g/mol. The monoisotopic (exact) mass is 199 g/mol. The summed E-state index contributed by atoms with van der Waals surface area (Å²) in [6.45, 7) is 1.65. The molecule has 1 saturated heterocycles. The molecule has 1 aromatic rings. The zero-order chi connectivity index (χ0) is 9.97. The van der Waals surface area contributed by atoms with E-state index in [0.29, 0.717) is 5.95 Å². The van der Waals surface area contributed by atoms with Crippen molar-refractivity contribution in [1.82, 2.24) is 9.97 Å². The molecule has 0 radical (unpaired) electrons. The quantitative estimate of drug-likeness (QED) is 0.645. The molecule has 2 rings (SSSR count). The van der Waals surface area contributed by atoms with E-state index in [0.717, 1.165) is 32.1 Å². The summed E-state index contributed by atoms with van der Waals surface area (Å²) in [4.78, 5) is 9.11. The highest BCUT2D eigenvalue weighted by Gasteiger charge is 2.15. The third-order valence-electron chi connectivity index (χ3n) is 2.33. The molecule has 2 heterocycles. The molecule has 5 heteroatoms. The van der Waals surface area contributed by atoms with Gasteiger partial charge in [0.15, 0.2) is 5.82 Å². The topological polar surface area (TPSA) is 29.0 Å². The second-order valence-corrected chi connectivity index (χ2v) is 3.36. The number of nitrogens with zero attached hydrogens (tertiary/aromatic N) is 3. The molecule has 0 saturated carbocycles. The number of piperidine rings is 1. The zero-order valence-corrected chi connectivity index (χ0v) is 7.71. The Morgan fingerprint density at radius 2 is 1.86 bits per heavy atom. The SMILES string of the molecule is Fc1cnc(N2CCCCC2)nc1F. The molecule has 0 aliphatic carbocycles. The Labute approximate surface area is 80.8 Å². The highest BCUT2D eigenvalue weighted by atomic mass is 19.2. The molecule has 0 atom stereocenters. The maximum absolute atomic E-state index is 12.8. The molecule has 76 valence electrons. The number of rotatable bonds is 1. The Morgan fingerprint density at radius 3 is 2.50 bits per heavy atom. The molecule has 3 nitrogen and oxygen atoms in total. The summed E-state index contributed by atoms with van der Waals surface area (Å²) in [5.41, 5.74) is 0. The van der Waals surface area contributed by atoms with Crippen LogP contribution in [0.1, 0.15) is 19.3 Å². The van der Waals surface area contributed by atoms with E-state index in [1.807, 2.05) is 4.90 Å². The fourth-order valence-electron chi connectivity index (χ4n) is 1.58. The minimum atomic E-state index is -1.07. The highest BCUT2D eigenvalue weighted by molar-refractivity contribution is 5.29. The second kappa shape index (κ2) is 3.86. The predicted molar refractivity (Wildman–Crippen MR) is 48.0 cm³/mol. The van der Waals surface area contributed by atoms with Gasteiger partial charge < -0.3 is 4.90 Å². The third-order valence-corrected chi connectivity index (χ3v) is 2.33. The molecule has 0 unspecified atom stereocenters. The summed E-state index contributed by atoms with van der Waals surface area (Å²) in [7, 11) is 0. The fourth-order valence-corrected chi connectivity index (χ4v) is 1.58. The van der Waals surface area contributed by atoms with Gasteiger partial charge in [-0.1, -0.05) is 0 Å². The molecule has 1 aliphatic heterocycles. The average Bonchev–Trinajstić information content (AvgIpc) is 2.23. The van der Waals surface area contributed by atoms with Crippen LogP contribution in [0.3, 0.4) is 0 Å². The Morgan fingerprint density at radius 1 is 1.14 bits per heavy atom. The molecule has 0 spiro atoms. The first-order valence-electron chi connectivity index (χ1n) is 4.70. The number of hydrogen-bond acceptors (Lipinski definition) is 3. The molecule has 1 aromatic heterocycles. The normalized spacial score (nSPS) is 17.1. The summed E-state index contributed by atoms with van der Waals surface area (Å²) in [6, 6.07) is 0. The zero-order valence-electron chi connectivity index (χ0n) is 7.71.